The van der Waals surface area contributed by atoms with E-state index in [1.54, 1.807) is 34.9 Å². The molecule has 0 fully saturated rings. The average Bonchev–Trinajstić information content (AvgIpc) is 3.19. The predicted octanol–water partition coefficient (Wildman–Crippen LogP) is 4.08. The number of para-hydroxylation sites is 1. The fourth-order valence-corrected chi connectivity index (χ4v) is 3.12. The number of carbonyl (C=O) groups excluding carboxylic acids is 2. The summed E-state index contributed by atoms with van der Waals surface area (Å²) in [6.45, 7) is 1.92. The summed E-state index contributed by atoms with van der Waals surface area (Å²) in [4.78, 5) is 29.8. The number of hydrogen-bond acceptors (Lipinski definition) is 3. The Bertz CT molecular complexity index is 1130. The molecule has 0 radical (unpaired) electrons. The van der Waals surface area contributed by atoms with Crippen molar-refractivity contribution in [2.45, 2.75) is 13.0 Å². The number of pyridine rings is 1. The number of nitrogens with zero attached hydrogens (tertiary/aromatic N) is 2. The van der Waals surface area contributed by atoms with Crippen LogP contribution in [0.25, 0.3) is 5.65 Å². The van der Waals surface area contributed by atoms with Crippen molar-refractivity contribution in [2.75, 3.05) is 5.32 Å². The van der Waals surface area contributed by atoms with Crippen LogP contribution in [0, 0.1) is 0 Å². The van der Waals surface area contributed by atoms with Crippen LogP contribution in [0.4, 0.5) is 5.69 Å². The zero-order valence-electron chi connectivity index (χ0n) is 15.9. The van der Waals surface area contributed by atoms with Gasteiger partial charge in [0, 0.05) is 12.4 Å². The molecule has 0 aliphatic rings. The number of imidazole rings is 1. The van der Waals surface area contributed by atoms with E-state index >= 15 is 0 Å². The molecular weight excluding hydrogens is 364 g/mol. The molecule has 4 aromatic rings. The molecule has 6 heteroatoms. The molecule has 144 valence electrons. The molecule has 6 nitrogen and oxygen atoms in total. The molecule has 29 heavy (non-hydrogen) atoms. The summed E-state index contributed by atoms with van der Waals surface area (Å²) in [5.74, 6) is -0.627. The summed E-state index contributed by atoms with van der Waals surface area (Å²) in [6, 6.07) is 22.0. The third kappa shape index (κ3) is 4.01. The van der Waals surface area contributed by atoms with Crippen molar-refractivity contribution < 1.29 is 9.59 Å². The van der Waals surface area contributed by atoms with E-state index in [1.165, 1.54) is 0 Å². The van der Waals surface area contributed by atoms with E-state index in [2.05, 4.69) is 15.6 Å². The molecule has 0 bridgehead atoms. The van der Waals surface area contributed by atoms with Crippen molar-refractivity contribution in [3.8, 4) is 0 Å². The molecule has 2 N–H and O–H groups in total. The van der Waals surface area contributed by atoms with Crippen LogP contribution in [0.5, 0.6) is 0 Å². The summed E-state index contributed by atoms with van der Waals surface area (Å²) < 4.78 is 1.77. The predicted molar refractivity (Wildman–Crippen MR) is 112 cm³/mol. The van der Waals surface area contributed by atoms with E-state index in [0.717, 1.165) is 5.56 Å². The monoisotopic (exact) mass is 384 g/mol. The van der Waals surface area contributed by atoms with Gasteiger partial charge >= 0.3 is 0 Å². The summed E-state index contributed by atoms with van der Waals surface area (Å²) in [6.07, 6.45) is 3.48. The fourth-order valence-electron chi connectivity index (χ4n) is 3.12. The first kappa shape index (κ1) is 18.4. The second kappa shape index (κ2) is 7.98. The van der Waals surface area contributed by atoms with Gasteiger partial charge in [0.15, 0.2) is 0 Å². The van der Waals surface area contributed by atoms with Gasteiger partial charge in [-0.25, -0.2) is 4.98 Å². The molecule has 2 aromatic heterocycles. The zero-order chi connectivity index (χ0) is 20.2. The Hall–Kier alpha value is -3.93. The number of amides is 2. The van der Waals surface area contributed by atoms with E-state index in [9.17, 15) is 9.59 Å². The fraction of sp³-hybridized carbons (Fsp3) is 0.0870. The summed E-state index contributed by atoms with van der Waals surface area (Å²) >= 11 is 0. The Kier molecular flexibility index (Phi) is 5.07. The van der Waals surface area contributed by atoms with Gasteiger partial charge < -0.3 is 15.0 Å². The van der Waals surface area contributed by atoms with Gasteiger partial charge in [0.25, 0.3) is 11.8 Å². The van der Waals surface area contributed by atoms with Crippen LogP contribution in [0.15, 0.2) is 85.2 Å². The van der Waals surface area contributed by atoms with Crippen LogP contribution in [-0.2, 0) is 0 Å². The van der Waals surface area contributed by atoms with Gasteiger partial charge in [-0.1, -0.05) is 48.5 Å². The Morgan fingerprint density at radius 3 is 2.41 bits per heavy atom. The highest BCUT2D eigenvalue weighted by atomic mass is 16.2. The van der Waals surface area contributed by atoms with Gasteiger partial charge in [0.05, 0.1) is 17.3 Å². The van der Waals surface area contributed by atoms with Gasteiger partial charge in [-0.3, -0.25) is 9.59 Å². The van der Waals surface area contributed by atoms with Crippen molar-refractivity contribution in [1.82, 2.24) is 14.7 Å². The average molecular weight is 384 g/mol. The van der Waals surface area contributed by atoms with Gasteiger partial charge in [0.1, 0.15) is 11.3 Å². The van der Waals surface area contributed by atoms with Crippen LogP contribution in [0.1, 0.15) is 39.4 Å². The maximum atomic E-state index is 12.8. The molecule has 1 atom stereocenters. The SMILES string of the molecule is CC(NC(=O)c1ccccc1NC(=O)c1cn2ccccc2n1)c1ccccc1. The normalized spacial score (nSPS) is 11.8. The van der Waals surface area contributed by atoms with Crippen LogP contribution < -0.4 is 10.6 Å². The van der Waals surface area contributed by atoms with Crippen LogP contribution in [0.3, 0.4) is 0 Å². The molecule has 0 saturated carbocycles. The molecule has 0 aliphatic carbocycles. The van der Waals surface area contributed by atoms with Crippen molar-refractivity contribution in [1.29, 1.82) is 0 Å². The van der Waals surface area contributed by atoms with E-state index in [0.29, 0.717) is 16.9 Å². The summed E-state index contributed by atoms with van der Waals surface area (Å²) in [7, 11) is 0. The maximum Gasteiger partial charge on any atom is 0.275 e. The van der Waals surface area contributed by atoms with Crippen molar-refractivity contribution in [3.63, 3.8) is 0 Å². The maximum absolute atomic E-state index is 12.8. The number of anilines is 1. The van der Waals surface area contributed by atoms with E-state index in [1.807, 2.05) is 61.7 Å². The third-order valence-electron chi connectivity index (χ3n) is 4.66. The molecule has 2 amide bonds. The molecule has 4 rings (SSSR count). The van der Waals surface area contributed by atoms with Crippen LogP contribution in [-0.4, -0.2) is 21.2 Å². The zero-order valence-corrected chi connectivity index (χ0v) is 15.9. The number of benzene rings is 2. The number of nitrogens with one attached hydrogen (secondary N) is 2. The van der Waals surface area contributed by atoms with Gasteiger partial charge in [-0.15, -0.1) is 0 Å². The third-order valence-corrected chi connectivity index (χ3v) is 4.66. The van der Waals surface area contributed by atoms with Crippen LogP contribution in [0.2, 0.25) is 0 Å². The Balaban J connectivity index is 1.53. The lowest BCUT2D eigenvalue weighted by Crippen LogP contribution is -2.28. The number of hydrogen-bond donors (Lipinski definition) is 2. The number of fused-ring (bicyclic) bond motifs is 1. The molecule has 0 aliphatic heterocycles. The minimum Gasteiger partial charge on any atom is -0.345 e. The number of rotatable bonds is 5. The summed E-state index contributed by atoms with van der Waals surface area (Å²) in [5.41, 5.74) is 2.80. The number of aromatic nitrogens is 2. The Morgan fingerprint density at radius 1 is 0.897 bits per heavy atom. The van der Waals surface area contributed by atoms with Gasteiger partial charge in [-0.05, 0) is 36.8 Å². The topological polar surface area (TPSA) is 75.5 Å². The van der Waals surface area contributed by atoms with E-state index in [4.69, 9.17) is 0 Å². The number of carbonyl (C=O) groups is 2. The molecule has 2 heterocycles. The second-order valence-electron chi connectivity index (χ2n) is 6.70. The largest absolute Gasteiger partial charge is 0.345 e. The molecule has 1 unspecified atom stereocenters. The minimum atomic E-state index is -0.370. The lowest BCUT2D eigenvalue weighted by Gasteiger charge is -2.16. The quantitative estimate of drug-likeness (QED) is 0.544. The summed E-state index contributed by atoms with van der Waals surface area (Å²) in [5, 5.41) is 5.78. The molecule has 0 spiro atoms. The molecule has 0 saturated heterocycles. The lowest BCUT2D eigenvalue weighted by molar-refractivity contribution is 0.0941. The Morgan fingerprint density at radius 2 is 1.62 bits per heavy atom. The highest BCUT2D eigenvalue weighted by Crippen LogP contribution is 2.19. The van der Waals surface area contributed by atoms with Gasteiger partial charge in [0.2, 0.25) is 0 Å². The van der Waals surface area contributed by atoms with Gasteiger partial charge in [-0.2, -0.15) is 0 Å². The molecule has 2 aromatic carbocycles. The lowest BCUT2D eigenvalue weighted by atomic mass is 10.1. The smallest absolute Gasteiger partial charge is 0.275 e. The molecular formula is C23H20N4O2. The van der Waals surface area contributed by atoms with Crippen molar-refractivity contribution in [2.24, 2.45) is 0 Å². The van der Waals surface area contributed by atoms with Crippen molar-refractivity contribution in [3.05, 3.63) is 102 Å². The first-order valence-corrected chi connectivity index (χ1v) is 9.32. The highest BCUT2D eigenvalue weighted by molar-refractivity contribution is 6.08. The highest BCUT2D eigenvalue weighted by Gasteiger charge is 2.17. The van der Waals surface area contributed by atoms with Crippen molar-refractivity contribution >= 4 is 23.1 Å². The minimum absolute atomic E-state index is 0.161. The Labute approximate surface area is 168 Å². The second-order valence-corrected chi connectivity index (χ2v) is 6.70. The standard InChI is InChI=1S/C23H20N4O2/c1-16(17-9-3-2-4-10-17)24-22(28)18-11-5-6-12-19(18)26-23(29)20-15-27-14-8-7-13-21(27)25-20/h2-16H,1H3,(H,24,28)(H,26,29). The van der Waals surface area contributed by atoms with E-state index in [-0.39, 0.29) is 23.6 Å². The first-order valence-electron chi connectivity index (χ1n) is 9.32. The first-order chi connectivity index (χ1) is 14.1. The van der Waals surface area contributed by atoms with E-state index < -0.39 is 0 Å². The van der Waals surface area contributed by atoms with Crippen LogP contribution >= 0.6 is 0 Å².